The SMILES string of the molecule is CCCN(C)CCC(O)NC. The lowest BCUT2D eigenvalue weighted by Gasteiger charge is -2.17. The van der Waals surface area contributed by atoms with Crippen LogP contribution >= 0.6 is 0 Å². The number of hydrogen-bond donors (Lipinski definition) is 2. The number of rotatable bonds is 6. The molecule has 0 radical (unpaired) electrons. The van der Waals surface area contributed by atoms with Gasteiger partial charge < -0.3 is 10.0 Å². The second-order valence-electron chi connectivity index (χ2n) is 2.90. The van der Waals surface area contributed by atoms with Crippen LogP contribution in [-0.4, -0.2) is 43.4 Å². The Kier molecular flexibility index (Phi) is 6.51. The summed E-state index contributed by atoms with van der Waals surface area (Å²) in [6.45, 7) is 4.22. The van der Waals surface area contributed by atoms with Crippen molar-refractivity contribution in [1.82, 2.24) is 10.2 Å². The van der Waals surface area contributed by atoms with Gasteiger partial charge in [-0.05, 0) is 33.5 Å². The van der Waals surface area contributed by atoms with Crippen LogP contribution < -0.4 is 5.32 Å². The molecule has 0 heterocycles. The lowest BCUT2D eigenvalue weighted by atomic mass is 10.3. The third-order valence-corrected chi connectivity index (χ3v) is 1.72. The molecule has 0 bridgehead atoms. The minimum atomic E-state index is -0.352. The maximum atomic E-state index is 9.14. The lowest BCUT2D eigenvalue weighted by molar-refractivity contribution is 0.123. The average Bonchev–Trinajstić information content (AvgIpc) is 2.01. The highest BCUT2D eigenvalue weighted by Gasteiger charge is 2.01. The molecule has 0 aliphatic rings. The fourth-order valence-electron chi connectivity index (χ4n) is 0.981. The van der Waals surface area contributed by atoms with Gasteiger partial charge in [-0.2, -0.15) is 0 Å². The summed E-state index contributed by atoms with van der Waals surface area (Å²) >= 11 is 0. The van der Waals surface area contributed by atoms with Crippen LogP contribution in [0, 0.1) is 0 Å². The van der Waals surface area contributed by atoms with Crippen LogP contribution in [0.15, 0.2) is 0 Å². The second kappa shape index (κ2) is 6.58. The third kappa shape index (κ3) is 6.28. The van der Waals surface area contributed by atoms with E-state index in [-0.39, 0.29) is 6.23 Å². The van der Waals surface area contributed by atoms with Crippen LogP contribution in [-0.2, 0) is 0 Å². The maximum Gasteiger partial charge on any atom is 0.105 e. The van der Waals surface area contributed by atoms with Crippen LogP contribution in [0.1, 0.15) is 19.8 Å². The predicted octanol–water partition coefficient (Wildman–Crippen LogP) is 0.256. The number of nitrogens with one attached hydrogen (secondary N) is 1. The minimum Gasteiger partial charge on any atom is -0.379 e. The molecule has 0 saturated heterocycles. The van der Waals surface area contributed by atoms with Crippen LogP contribution in [0.3, 0.4) is 0 Å². The third-order valence-electron chi connectivity index (χ3n) is 1.72. The number of aliphatic hydroxyl groups is 1. The van der Waals surface area contributed by atoms with Gasteiger partial charge in [0.25, 0.3) is 0 Å². The van der Waals surface area contributed by atoms with Crippen molar-refractivity contribution < 1.29 is 5.11 Å². The number of aliphatic hydroxyl groups excluding tert-OH is 1. The molecule has 0 fully saturated rings. The van der Waals surface area contributed by atoms with Gasteiger partial charge in [0.15, 0.2) is 0 Å². The molecule has 0 amide bonds. The summed E-state index contributed by atoms with van der Waals surface area (Å²) in [6, 6.07) is 0. The first-order chi connectivity index (χ1) is 5.20. The topological polar surface area (TPSA) is 35.5 Å². The smallest absolute Gasteiger partial charge is 0.105 e. The van der Waals surface area contributed by atoms with Gasteiger partial charge in [0, 0.05) is 6.54 Å². The van der Waals surface area contributed by atoms with Gasteiger partial charge >= 0.3 is 0 Å². The Balaban J connectivity index is 3.22. The Bertz CT molecular complexity index is 88.2. The Labute approximate surface area is 69.4 Å². The summed E-state index contributed by atoms with van der Waals surface area (Å²) in [5.41, 5.74) is 0. The first kappa shape index (κ1) is 10.9. The summed E-state index contributed by atoms with van der Waals surface area (Å²) in [7, 11) is 3.84. The van der Waals surface area contributed by atoms with Gasteiger partial charge in [-0.3, -0.25) is 5.32 Å². The molecule has 3 nitrogen and oxygen atoms in total. The quantitative estimate of drug-likeness (QED) is 0.547. The molecule has 0 saturated carbocycles. The Morgan fingerprint density at radius 2 is 2.09 bits per heavy atom. The summed E-state index contributed by atoms with van der Waals surface area (Å²) in [4.78, 5) is 2.22. The number of nitrogens with zero attached hydrogens (tertiary/aromatic N) is 1. The standard InChI is InChI=1S/C8H20N2O/c1-4-6-10(3)7-5-8(11)9-2/h8-9,11H,4-7H2,1-3H3. The molecule has 68 valence electrons. The van der Waals surface area contributed by atoms with E-state index in [1.807, 2.05) is 0 Å². The van der Waals surface area contributed by atoms with E-state index in [0.717, 1.165) is 19.5 Å². The molecule has 2 N–H and O–H groups in total. The van der Waals surface area contributed by atoms with Crippen molar-refractivity contribution in [3.63, 3.8) is 0 Å². The molecular formula is C8H20N2O. The first-order valence-corrected chi connectivity index (χ1v) is 4.24. The van der Waals surface area contributed by atoms with Crippen molar-refractivity contribution in [1.29, 1.82) is 0 Å². The van der Waals surface area contributed by atoms with Crippen LogP contribution in [0.2, 0.25) is 0 Å². The molecule has 0 aromatic rings. The second-order valence-corrected chi connectivity index (χ2v) is 2.90. The maximum absolute atomic E-state index is 9.14. The zero-order valence-corrected chi connectivity index (χ0v) is 7.80. The molecule has 11 heavy (non-hydrogen) atoms. The molecular weight excluding hydrogens is 140 g/mol. The highest BCUT2D eigenvalue weighted by atomic mass is 16.3. The molecule has 3 heteroatoms. The average molecular weight is 160 g/mol. The van der Waals surface area contributed by atoms with Crippen molar-refractivity contribution in [3.05, 3.63) is 0 Å². The van der Waals surface area contributed by atoms with Crippen molar-refractivity contribution in [2.24, 2.45) is 0 Å². The van der Waals surface area contributed by atoms with Gasteiger partial charge in [-0.25, -0.2) is 0 Å². The Hall–Kier alpha value is -0.120. The van der Waals surface area contributed by atoms with Crippen molar-refractivity contribution >= 4 is 0 Å². The highest BCUT2D eigenvalue weighted by molar-refractivity contribution is 4.54. The summed E-state index contributed by atoms with van der Waals surface area (Å²) < 4.78 is 0. The van der Waals surface area contributed by atoms with E-state index in [1.54, 1.807) is 7.05 Å². The zero-order chi connectivity index (χ0) is 8.69. The first-order valence-electron chi connectivity index (χ1n) is 4.24. The van der Waals surface area contributed by atoms with E-state index in [1.165, 1.54) is 6.42 Å². The fourth-order valence-corrected chi connectivity index (χ4v) is 0.981. The largest absolute Gasteiger partial charge is 0.379 e. The van der Waals surface area contributed by atoms with Gasteiger partial charge in [0.2, 0.25) is 0 Å². The molecule has 0 aliphatic carbocycles. The van der Waals surface area contributed by atoms with E-state index in [4.69, 9.17) is 5.11 Å². The Morgan fingerprint density at radius 1 is 1.45 bits per heavy atom. The van der Waals surface area contributed by atoms with E-state index in [2.05, 4.69) is 24.2 Å². The molecule has 0 rings (SSSR count). The van der Waals surface area contributed by atoms with E-state index in [9.17, 15) is 0 Å². The lowest BCUT2D eigenvalue weighted by Crippen LogP contribution is -2.30. The molecule has 0 aromatic carbocycles. The van der Waals surface area contributed by atoms with Crippen molar-refractivity contribution in [2.45, 2.75) is 26.0 Å². The monoisotopic (exact) mass is 160 g/mol. The normalized spacial score (nSPS) is 13.9. The van der Waals surface area contributed by atoms with Crippen LogP contribution in [0.25, 0.3) is 0 Å². The minimum absolute atomic E-state index is 0.352. The molecule has 1 unspecified atom stereocenters. The summed E-state index contributed by atoms with van der Waals surface area (Å²) in [5, 5.41) is 11.9. The van der Waals surface area contributed by atoms with Crippen LogP contribution in [0.5, 0.6) is 0 Å². The highest BCUT2D eigenvalue weighted by Crippen LogP contribution is 1.91. The summed E-state index contributed by atoms with van der Waals surface area (Å²) in [5.74, 6) is 0. The van der Waals surface area contributed by atoms with Crippen molar-refractivity contribution in [3.8, 4) is 0 Å². The van der Waals surface area contributed by atoms with Gasteiger partial charge in [0.1, 0.15) is 6.23 Å². The van der Waals surface area contributed by atoms with E-state index < -0.39 is 0 Å². The predicted molar refractivity (Wildman–Crippen MR) is 47.5 cm³/mol. The summed E-state index contributed by atoms with van der Waals surface area (Å²) in [6.07, 6.45) is 1.62. The fraction of sp³-hybridized carbons (Fsp3) is 1.00. The van der Waals surface area contributed by atoms with Gasteiger partial charge in [-0.1, -0.05) is 6.92 Å². The Morgan fingerprint density at radius 3 is 2.55 bits per heavy atom. The zero-order valence-electron chi connectivity index (χ0n) is 7.80. The molecule has 0 spiro atoms. The van der Waals surface area contributed by atoms with E-state index >= 15 is 0 Å². The molecule has 0 aromatic heterocycles. The van der Waals surface area contributed by atoms with E-state index in [0.29, 0.717) is 0 Å². The number of hydrogen-bond acceptors (Lipinski definition) is 3. The molecule has 0 aliphatic heterocycles. The van der Waals surface area contributed by atoms with Gasteiger partial charge in [0.05, 0.1) is 0 Å². The van der Waals surface area contributed by atoms with Gasteiger partial charge in [-0.15, -0.1) is 0 Å². The van der Waals surface area contributed by atoms with Crippen molar-refractivity contribution in [2.75, 3.05) is 27.2 Å². The molecule has 1 atom stereocenters. The van der Waals surface area contributed by atoms with Crippen LogP contribution in [0.4, 0.5) is 0 Å².